The zero-order chi connectivity index (χ0) is 11.4. The Morgan fingerprint density at radius 1 is 1.41 bits per heavy atom. The first-order valence-corrected chi connectivity index (χ1v) is 5.61. The van der Waals surface area contributed by atoms with Crippen LogP contribution in [0.15, 0.2) is 30.1 Å². The Kier molecular flexibility index (Phi) is 5.62. The van der Waals surface area contributed by atoms with Gasteiger partial charge in [0.2, 0.25) is 0 Å². The van der Waals surface area contributed by atoms with Crippen molar-refractivity contribution < 1.29 is 4.74 Å². The molecule has 0 aliphatic carbocycles. The van der Waals surface area contributed by atoms with Crippen molar-refractivity contribution in [2.24, 2.45) is 0 Å². The predicted molar refractivity (Wildman–Crippen MR) is 72.4 cm³/mol. The van der Waals surface area contributed by atoms with E-state index in [1.54, 1.807) is 0 Å². The van der Waals surface area contributed by atoms with Crippen LogP contribution in [0.25, 0.3) is 5.57 Å². The second-order valence-corrected chi connectivity index (χ2v) is 4.36. The van der Waals surface area contributed by atoms with E-state index in [1.165, 1.54) is 16.7 Å². The van der Waals surface area contributed by atoms with Gasteiger partial charge in [-0.3, -0.25) is 4.98 Å². The van der Waals surface area contributed by atoms with Crippen LogP contribution in [0.1, 0.15) is 12.0 Å². The van der Waals surface area contributed by atoms with E-state index in [-0.39, 0.29) is 12.4 Å². The van der Waals surface area contributed by atoms with Crippen LogP contribution in [0, 0.1) is 0 Å². The van der Waals surface area contributed by atoms with Gasteiger partial charge in [0.05, 0.1) is 13.2 Å². The van der Waals surface area contributed by atoms with Crippen LogP contribution in [-0.4, -0.2) is 43.7 Å². The molecule has 0 fully saturated rings. The Hall–Kier alpha value is -0.900. The molecule has 2 heterocycles. The number of hydrogen-bond donors (Lipinski definition) is 0. The van der Waals surface area contributed by atoms with Crippen molar-refractivity contribution in [1.29, 1.82) is 0 Å². The number of ether oxygens (including phenoxy) is 1. The molecule has 0 saturated carbocycles. The lowest BCUT2D eigenvalue weighted by molar-refractivity contribution is 0.148. The first-order chi connectivity index (χ1) is 7.77. The van der Waals surface area contributed by atoms with Crippen molar-refractivity contribution in [1.82, 2.24) is 9.88 Å². The lowest BCUT2D eigenvalue weighted by Gasteiger charge is -2.23. The van der Waals surface area contributed by atoms with Gasteiger partial charge in [0.1, 0.15) is 0 Å². The zero-order valence-corrected chi connectivity index (χ0v) is 11.2. The molecular formula is C13H19ClN2O. The molecule has 2 rings (SSSR count). The number of rotatable bonds is 3. The summed E-state index contributed by atoms with van der Waals surface area (Å²) in [6.07, 6.45) is 4.75. The fraction of sp³-hybridized carbons (Fsp3) is 0.462. The highest BCUT2D eigenvalue weighted by molar-refractivity contribution is 5.85. The molecule has 1 aromatic heterocycles. The number of pyridine rings is 1. The molecular weight excluding hydrogens is 236 g/mol. The molecule has 1 aliphatic heterocycles. The highest BCUT2D eigenvalue weighted by Crippen LogP contribution is 2.25. The van der Waals surface area contributed by atoms with Crippen LogP contribution < -0.4 is 0 Å². The summed E-state index contributed by atoms with van der Waals surface area (Å²) in [6, 6.07) is 4.12. The van der Waals surface area contributed by atoms with Crippen molar-refractivity contribution in [2.75, 3.05) is 33.9 Å². The maximum atomic E-state index is 5.53. The van der Waals surface area contributed by atoms with E-state index in [0.717, 1.165) is 26.2 Å². The molecule has 0 spiro atoms. The first-order valence-electron chi connectivity index (χ1n) is 5.61. The summed E-state index contributed by atoms with van der Waals surface area (Å²) in [4.78, 5) is 6.37. The van der Waals surface area contributed by atoms with Gasteiger partial charge in [-0.05, 0) is 43.3 Å². The molecule has 17 heavy (non-hydrogen) atoms. The third-order valence-corrected chi connectivity index (χ3v) is 2.72. The Bertz CT molecular complexity index is 376. The summed E-state index contributed by atoms with van der Waals surface area (Å²) in [5.74, 6) is 0. The van der Waals surface area contributed by atoms with Gasteiger partial charge in [0, 0.05) is 18.9 Å². The number of likely N-dealkylation sites (N-methyl/N-ethyl adjacent to an activating group) is 1. The molecule has 0 aromatic carbocycles. The standard InChI is InChI=1S/C13H18N2O.ClH/c1-15(2)9-12-10-16-7-5-13(12)11-4-3-6-14-8-11;/h3-4,6,8H,5,7,9-10H2,1-2H3;1H. The Labute approximate surface area is 109 Å². The zero-order valence-electron chi connectivity index (χ0n) is 10.3. The van der Waals surface area contributed by atoms with Gasteiger partial charge in [-0.15, -0.1) is 12.4 Å². The minimum atomic E-state index is 0. The van der Waals surface area contributed by atoms with E-state index >= 15 is 0 Å². The monoisotopic (exact) mass is 254 g/mol. The van der Waals surface area contributed by atoms with Gasteiger partial charge in [0.15, 0.2) is 0 Å². The van der Waals surface area contributed by atoms with Crippen molar-refractivity contribution in [2.45, 2.75) is 6.42 Å². The van der Waals surface area contributed by atoms with Crippen LogP contribution >= 0.6 is 12.4 Å². The van der Waals surface area contributed by atoms with E-state index in [4.69, 9.17) is 4.74 Å². The maximum Gasteiger partial charge on any atom is 0.0695 e. The predicted octanol–water partition coefficient (Wildman–Crippen LogP) is 2.24. The molecule has 1 aromatic rings. The largest absolute Gasteiger partial charge is 0.377 e. The van der Waals surface area contributed by atoms with Gasteiger partial charge in [-0.2, -0.15) is 0 Å². The molecule has 0 N–H and O–H groups in total. The van der Waals surface area contributed by atoms with Crippen LogP contribution in [0.4, 0.5) is 0 Å². The molecule has 4 heteroatoms. The fourth-order valence-electron chi connectivity index (χ4n) is 2.05. The number of hydrogen-bond acceptors (Lipinski definition) is 3. The highest BCUT2D eigenvalue weighted by atomic mass is 35.5. The topological polar surface area (TPSA) is 25.4 Å². The Morgan fingerprint density at radius 2 is 2.24 bits per heavy atom. The van der Waals surface area contributed by atoms with Crippen molar-refractivity contribution in [3.8, 4) is 0 Å². The molecule has 0 atom stereocenters. The summed E-state index contributed by atoms with van der Waals surface area (Å²) in [6.45, 7) is 2.54. The minimum absolute atomic E-state index is 0. The molecule has 0 unspecified atom stereocenters. The van der Waals surface area contributed by atoms with Gasteiger partial charge >= 0.3 is 0 Å². The van der Waals surface area contributed by atoms with E-state index in [1.807, 2.05) is 18.5 Å². The lowest BCUT2D eigenvalue weighted by atomic mass is 9.97. The smallest absolute Gasteiger partial charge is 0.0695 e. The number of halogens is 1. The molecule has 1 aliphatic rings. The van der Waals surface area contributed by atoms with Gasteiger partial charge < -0.3 is 9.64 Å². The SMILES string of the molecule is CN(C)CC1=C(c2cccnc2)CCOC1.Cl. The molecule has 94 valence electrons. The average molecular weight is 255 g/mol. The number of aromatic nitrogens is 1. The van der Waals surface area contributed by atoms with Crippen LogP contribution in [0.5, 0.6) is 0 Å². The summed E-state index contributed by atoms with van der Waals surface area (Å²) in [5, 5.41) is 0. The first kappa shape index (κ1) is 14.2. The van der Waals surface area contributed by atoms with Gasteiger partial charge in [-0.1, -0.05) is 6.07 Å². The normalized spacial score (nSPS) is 15.9. The highest BCUT2D eigenvalue weighted by Gasteiger charge is 2.15. The lowest BCUT2D eigenvalue weighted by Crippen LogP contribution is -2.22. The summed E-state index contributed by atoms with van der Waals surface area (Å²) in [5.41, 5.74) is 4.03. The van der Waals surface area contributed by atoms with E-state index in [9.17, 15) is 0 Å². The van der Waals surface area contributed by atoms with Gasteiger partial charge in [0.25, 0.3) is 0 Å². The van der Waals surface area contributed by atoms with E-state index < -0.39 is 0 Å². The summed E-state index contributed by atoms with van der Waals surface area (Å²) < 4.78 is 5.53. The van der Waals surface area contributed by atoms with E-state index in [2.05, 4.69) is 30.0 Å². The minimum Gasteiger partial charge on any atom is -0.377 e. The Morgan fingerprint density at radius 3 is 2.88 bits per heavy atom. The molecule has 3 nitrogen and oxygen atoms in total. The van der Waals surface area contributed by atoms with Gasteiger partial charge in [-0.25, -0.2) is 0 Å². The van der Waals surface area contributed by atoms with E-state index in [0.29, 0.717) is 0 Å². The third kappa shape index (κ3) is 3.80. The third-order valence-electron chi connectivity index (χ3n) is 2.72. The van der Waals surface area contributed by atoms with Crippen molar-refractivity contribution in [3.63, 3.8) is 0 Å². The second-order valence-electron chi connectivity index (χ2n) is 4.36. The number of nitrogens with zero attached hydrogens (tertiary/aromatic N) is 2. The average Bonchev–Trinajstić information content (AvgIpc) is 2.30. The quantitative estimate of drug-likeness (QED) is 0.827. The van der Waals surface area contributed by atoms with Crippen LogP contribution in [0.2, 0.25) is 0 Å². The Balaban J connectivity index is 0.00000144. The fourth-order valence-corrected chi connectivity index (χ4v) is 2.05. The molecule has 0 saturated heterocycles. The van der Waals surface area contributed by atoms with Crippen molar-refractivity contribution in [3.05, 3.63) is 35.7 Å². The second kappa shape index (κ2) is 6.74. The van der Waals surface area contributed by atoms with Crippen molar-refractivity contribution >= 4 is 18.0 Å². The summed E-state index contributed by atoms with van der Waals surface area (Å²) >= 11 is 0. The molecule has 0 bridgehead atoms. The molecule has 0 amide bonds. The van der Waals surface area contributed by atoms with Crippen LogP contribution in [-0.2, 0) is 4.74 Å². The summed E-state index contributed by atoms with van der Waals surface area (Å²) in [7, 11) is 4.17. The maximum absolute atomic E-state index is 5.53. The molecule has 0 radical (unpaired) electrons. The van der Waals surface area contributed by atoms with Crippen LogP contribution in [0.3, 0.4) is 0 Å².